The first kappa shape index (κ1) is 15.0. The summed E-state index contributed by atoms with van der Waals surface area (Å²) in [5.41, 5.74) is 7.54. The van der Waals surface area contributed by atoms with Gasteiger partial charge in [-0.3, -0.25) is 0 Å². The van der Waals surface area contributed by atoms with Gasteiger partial charge in [-0.25, -0.2) is 0 Å². The quantitative estimate of drug-likeness (QED) is 0.903. The number of hydrogen-bond donors (Lipinski definition) is 1. The van der Waals surface area contributed by atoms with Crippen LogP contribution in [-0.2, 0) is 0 Å². The van der Waals surface area contributed by atoms with Crippen molar-refractivity contribution >= 4 is 15.9 Å². The van der Waals surface area contributed by atoms with E-state index in [0.29, 0.717) is 0 Å². The largest absolute Gasteiger partial charge is 0.324 e. The molecule has 1 saturated heterocycles. The Morgan fingerprint density at radius 1 is 1.00 bits per heavy atom. The number of halogens is 1. The van der Waals surface area contributed by atoms with Crippen LogP contribution < -0.4 is 5.73 Å². The summed E-state index contributed by atoms with van der Waals surface area (Å²) in [6.07, 6.45) is 7.99. The zero-order valence-corrected chi connectivity index (χ0v) is 13.2. The predicted molar refractivity (Wildman–Crippen MR) is 85.2 cm³/mol. The fraction of sp³-hybridized carbons (Fsp3) is 0.625. The lowest BCUT2D eigenvalue weighted by Crippen LogP contribution is -2.30. The molecule has 3 heteroatoms. The molecule has 1 heterocycles. The number of hydrogen-bond acceptors (Lipinski definition) is 2. The van der Waals surface area contributed by atoms with Gasteiger partial charge in [0.15, 0.2) is 0 Å². The molecule has 1 unspecified atom stereocenters. The molecule has 1 atom stereocenters. The van der Waals surface area contributed by atoms with Crippen LogP contribution in [0.4, 0.5) is 0 Å². The van der Waals surface area contributed by atoms with E-state index in [1.807, 2.05) is 0 Å². The molecule has 0 bridgehead atoms. The minimum atomic E-state index is 0.165. The van der Waals surface area contributed by atoms with Gasteiger partial charge in [-0.1, -0.05) is 47.3 Å². The Kier molecular flexibility index (Phi) is 6.35. The van der Waals surface area contributed by atoms with E-state index in [0.717, 1.165) is 17.4 Å². The zero-order chi connectivity index (χ0) is 13.5. The van der Waals surface area contributed by atoms with Gasteiger partial charge < -0.3 is 10.6 Å². The summed E-state index contributed by atoms with van der Waals surface area (Å²) in [6.45, 7) is 3.65. The molecule has 1 aromatic carbocycles. The van der Waals surface area contributed by atoms with Crippen LogP contribution in [-0.4, -0.2) is 24.5 Å². The van der Waals surface area contributed by atoms with E-state index in [2.05, 4.69) is 45.1 Å². The second-order valence-corrected chi connectivity index (χ2v) is 6.47. The van der Waals surface area contributed by atoms with Crippen molar-refractivity contribution in [2.75, 3.05) is 19.6 Å². The summed E-state index contributed by atoms with van der Waals surface area (Å²) in [7, 11) is 0. The van der Waals surface area contributed by atoms with Crippen molar-refractivity contribution in [3.05, 3.63) is 34.3 Å². The molecule has 1 aliphatic rings. The monoisotopic (exact) mass is 324 g/mol. The lowest BCUT2D eigenvalue weighted by atomic mass is 10.0. The maximum atomic E-state index is 6.29. The van der Waals surface area contributed by atoms with Gasteiger partial charge in [0.1, 0.15) is 0 Å². The van der Waals surface area contributed by atoms with Crippen molar-refractivity contribution in [1.29, 1.82) is 0 Å². The number of nitrogens with zero attached hydrogens (tertiary/aromatic N) is 1. The van der Waals surface area contributed by atoms with Crippen LogP contribution in [0.2, 0.25) is 0 Å². The van der Waals surface area contributed by atoms with Crippen LogP contribution in [0.5, 0.6) is 0 Å². The third-order valence-corrected chi connectivity index (χ3v) is 4.53. The number of nitrogens with two attached hydrogens (primary N) is 1. The average molecular weight is 325 g/mol. The molecule has 0 aliphatic carbocycles. The van der Waals surface area contributed by atoms with E-state index in [1.54, 1.807) is 0 Å². The van der Waals surface area contributed by atoms with Gasteiger partial charge in [0.2, 0.25) is 0 Å². The van der Waals surface area contributed by atoms with Gasteiger partial charge in [0.25, 0.3) is 0 Å². The van der Waals surface area contributed by atoms with Crippen LogP contribution >= 0.6 is 15.9 Å². The summed E-state index contributed by atoms with van der Waals surface area (Å²) in [4.78, 5) is 2.60. The Hall–Kier alpha value is -0.380. The van der Waals surface area contributed by atoms with E-state index in [4.69, 9.17) is 5.73 Å². The molecular weight excluding hydrogens is 300 g/mol. The van der Waals surface area contributed by atoms with Crippen LogP contribution in [0.15, 0.2) is 28.7 Å². The van der Waals surface area contributed by atoms with Crippen molar-refractivity contribution in [2.45, 2.75) is 44.6 Å². The number of likely N-dealkylation sites (tertiary alicyclic amines) is 1. The number of benzene rings is 1. The first-order valence-corrected chi connectivity index (χ1v) is 8.28. The summed E-state index contributed by atoms with van der Waals surface area (Å²) in [5.74, 6) is 0. The van der Waals surface area contributed by atoms with Crippen molar-refractivity contribution < 1.29 is 0 Å². The van der Waals surface area contributed by atoms with Crippen molar-refractivity contribution in [1.82, 2.24) is 4.90 Å². The first-order chi connectivity index (χ1) is 9.25. The smallest absolute Gasteiger partial charge is 0.0307 e. The van der Waals surface area contributed by atoms with Gasteiger partial charge in [-0.15, -0.1) is 0 Å². The van der Waals surface area contributed by atoms with E-state index < -0.39 is 0 Å². The minimum absolute atomic E-state index is 0.165. The molecule has 0 aromatic heterocycles. The summed E-state index contributed by atoms with van der Waals surface area (Å²) in [6, 6.07) is 8.57. The molecule has 19 heavy (non-hydrogen) atoms. The third-order valence-electron chi connectivity index (χ3n) is 4.00. The zero-order valence-electron chi connectivity index (χ0n) is 11.7. The van der Waals surface area contributed by atoms with Crippen LogP contribution in [0.25, 0.3) is 0 Å². The minimum Gasteiger partial charge on any atom is -0.324 e. The molecule has 2 nitrogen and oxygen atoms in total. The van der Waals surface area contributed by atoms with Crippen molar-refractivity contribution in [3.63, 3.8) is 0 Å². The Morgan fingerprint density at radius 2 is 1.58 bits per heavy atom. The van der Waals surface area contributed by atoms with Gasteiger partial charge in [-0.2, -0.15) is 0 Å². The predicted octanol–water partition coefficient (Wildman–Crippen LogP) is 4.11. The van der Waals surface area contributed by atoms with E-state index in [9.17, 15) is 0 Å². The lowest BCUT2D eigenvalue weighted by molar-refractivity contribution is 0.239. The highest BCUT2D eigenvalue weighted by Gasteiger charge is 2.11. The molecule has 1 aromatic rings. The molecule has 1 aliphatic heterocycles. The fourth-order valence-electron chi connectivity index (χ4n) is 2.73. The van der Waals surface area contributed by atoms with E-state index in [1.165, 1.54) is 50.8 Å². The second kappa shape index (κ2) is 8.03. The van der Waals surface area contributed by atoms with E-state index >= 15 is 0 Å². The normalized spacial score (nSPS) is 19.7. The molecule has 2 N–H and O–H groups in total. The second-order valence-electron chi connectivity index (χ2n) is 5.56. The molecule has 0 amide bonds. The first-order valence-electron chi connectivity index (χ1n) is 7.49. The molecule has 0 saturated carbocycles. The third kappa shape index (κ3) is 5.25. The summed E-state index contributed by atoms with van der Waals surface area (Å²) in [5, 5.41) is 0. The highest BCUT2D eigenvalue weighted by molar-refractivity contribution is 9.10. The van der Waals surface area contributed by atoms with Gasteiger partial charge in [0.05, 0.1) is 0 Å². The Balaban J connectivity index is 1.78. The standard InChI is InChI=1S/C16H25BrN2/c17-15-8-6-14(7-9-15)16(18)10-13-19-11-4-2-1-3-5-12-19/h6-9,16H,1-5,10-13,18H2. The maximum Gasteiger partial charge on any atom is 0.0307 e. The SMILES string of the molecule is NC(CCN1CCCCCCC1)c1ccc(Br)cc1. The highest BCUT2D eigenvalue weighted by Crippen LogP contribution is 2.19. The highest BCUT2D eigenvalue weighted by atomic mass is 79.9. The molecule has 2 rings (SSSR count). The molecule has 0 radical (unpaired) electrons. The Bertz CT molecular complexity index is 356. The van der Waals surface area contributed by atoms with Crippen LogP contribution in [0, 0.1) is 0 Å². The Labute approximate surface area is 125 Å². The average Bonchev–Trinajstić information content (AvgIpc) is 2.38. The van der Waals surface area contributed by atoms with Crippen molar-refractivity contribution in [2.24, 2.45) is 5.73 Å². The Morgan fingerprint density at radius 3 is 2.21 bits per heavy atom. The topological polar surface area (TPSA) is 29.3 Å². The van der Waals surface area contributed by atoms with Crippen LogP contribution in [0.1, 0.15) is 50.1 Å². The summed E-state index contributed by atoms with van der Waals surface area (Å²) >= 11 is 3.46. The lowest BCUT2D eigenvalue weighted by Gasteiger charge is -2.25. The van der Waals surface area contributed by atoms with Gasteiger partial charge in [0, 0.05) is 10.5 Å². The van der Waals surface area contributed by atoms with E-state index in [-0.39, 0.29) is 6.04 Å². The summed E-state index contributed by atoms with van der Waals surface area (Å²) < 4.78 is 1.12. The number of rotatable bonds is 4. The molecule has 0 spiro atoms. The molecular formula is C16H25BrN2. The van der Waals surface area contributed by atoms with Crippen LogP contribution in [0.3, 0.4) is 0 Å². The molecule has 106 valence electrons. The maximum absolute atomic E-state index is 6.29. The van der Waals surface area contributed by atoms with Gasteiger partial charge >= 0.3 is 0 Å². The van der Waals surface area contributed by atoms with Gasteiger partial charge in [-0.05, 0) is 56.6 Å². The van der Waals surface area contributed by atoms with Crippen molar-refractivity contribution in [3.8, 4) is 0 Å². The molecule has 1 fully saturated rings. The fourth-order valence-corrected chi connectivity index (χ4v) is 3.00.